The Balaban J connectivity index is 2.04. The van der Waals surface area contributed by atoms with Crippen molar-refractivity contribution in [2.75, 3.05) is 27.7 Å². The zero-order chi connectivity index (χ0) is 16.5. The second kappa shape index (κ2) is 9.58. The van der Waals surface area contributed by atoms with E-state index in [4.69, 9.17) is 25.7 Å². The Bertz CT molecular complexity index is 606. The summed E-state index contributed by atoms with van der Waals surface area (Å²) in [5.74, 6) is 0.762. The van der Waals surface area contributed by atoms with E-state index in [9.17, 15) is 0 Å². The van der Waals surface area contributed by atoms with Crippen LogP contribution >= 0.6 is 11.6 Å². The lowest BCUT2D eigenvalue weighted by Crippen LogP contribution is -2.32. The monoisotopic (exact) mass is 333 g/mol. The van der Waals surface area contributed by atoms with Gasteiger partial charge in [0, 0.05) is 25.8 Å². The number of hydrogen-bond acceptors (Lipinski definition) is 4. The third-order valence-corrected chi connectivity index (χ3v) is 3.56. The zero-order valence-electron chi connectivity index (χ0n) is 13.5. The molecular formula is C17H21BClNO3. The molecule has 0 fully saturated rings. The summed E-state index contributed by atoms with van der Waals surface area (Å²) in [6.07, 6.45) is 0. The molecule has 2 rings (SSSR count). The molecule has 122 valence electrons. The van der Waals surface area contributed by atoms with Crippen LogP contribution < -0.4 is 10.1 Å². The van der Waals surface area contributed by atoms with Crippen molar-refractivity contribution in [2.24, 2.45) is 0 Å². The van der Waals surface area contributed by atoms with Gasteiger partial charge in [0.15, 0.2) is 0 Å². The molecule has 0 spiro atoms. The van der Waals surface area contributed by atoms with Crippen molar-refractivity contribution in [1.29, 1.82) is 0 Å². The van der Waals surface area contributed by atoms with Gasteiger partial charge in [0.2, 0.25) is 0 Å². The molecule has 0 atom stereocenters. The predicted octanol–water partition coefficient (Wildman–Crippen LogP) is 2.41. The van der Waals surface area contributed by atoms with Crippen molar-refractivity contribution < 1.29 is 14.1 Å². The van der Waals surface area contributed by atoms with Gasteiger partial charge in [-0.2, -0.15) is 0 Å². The largest absolute Gasteiger partial charge is 0.559 e. The van der Waals surface area contributed by atoms with Crippen LogP contribution in [0.5, 0.6) is 5.75 Å². The summed E-state index contributed by atoms with van der Waals surface area (Å²) in [6, 6.07) is 15.6. The fourth-order valence-electron chi connectivity index (χ4n) is 2.31. The molecule has 0 aliphatic carbocycles. The Hall–Kier alpha value is -1.53. The van der Waals surface area contributed by atoms with Crippen LogP contribution in [0.2, 0.25) is 5.02 Å². The van der Waals surface area contributed by atoms with Gasteiger partial charge in [-0.05, 0) is 29.2 Å². The molecule has 0 aromatic heterocycles. The first-order valence-corrected chi connectivity index (χ1v) is 7.76. The van der Waals surface area contributed by atoms with Gasteiger partial charge in [-0.15, -0.1) is 0 Å². The highest BCUT2D eigenvalue weighted by Crippen LogP contribution is 2.16. The van der Waals surface area contributed by atoms with Crippen molar-refractivity contribution in [3.8, 4) is 5.75 Å². The summed E-state index contributed by atoms with van der Waals surface area (Å²) < 4.78 is 16.3. The summed E-state index contributed by atoms with van der Waals surface area (Å²) >= 11 is 5.98. The standard InChI is InChI=1S/C17H21BClNO3/c1-21-12-20(13-22-2)11-14-6-3-4-9-17(14)18-23-16-8-5-7-15(19)10-16/h3-10,18H,11-13H2,1-2H3. The van der Waals surface area contributed by atoms with Gasteiger partial charge in [-0.1, -0.05) is 41.9 Å². The summed E-state index contributed by atoms with van der Waals surface area (Å²) in [7, 11) is 3.85. The van der Waals surface area contributed by atoms with E-state index < -0.39 is 0 Å². The van der Waals surface area contributed by atoms with Gasteiger partial charge in [0.1, 0.15) is 19.2 Å². The lowest BCUT2D eigenvalue weighted by Gasteiger charge is -2.21. The van der Waals surface area contributed by atoms with Crippen molar-refractivity contribution in [1.82, 2.24) is 4.90 Å². The van der Waals surface area contributed by atoms with Gasteiger partial charge in [-0.3, -0.25) is 4.90 Å². The number of ether oxygens (including phenoxy) is 2. The number of nitrogens with zero attached hydrogens (tertiary/aromatic N) is 1. The van der Waals surface area contributed by atoms with Crippen LogP contribution in [0.25, 0.3) is 0 Å². The molecule has 0 radical (unpaired) electrons. The van der Waals surface area contributed by atoms with Crippen LogP contribution in [0, 0.1) is 0 Å². The first-order chi connectivity index (χ1) is 11.2. The van der Waals surface area contributed by atoms with E-state index in [2.05, 4.69) is 17.0 Å². The van der Waals surface area contributed by atoms with Crippen molar-refractivity contribution in [2.45, 2.75) is 6.54 Å². The molecule has 0 saturated heterocycles. The van der Waals surface area contributed by atoms with E-state index in [-0.39, 0.29) is 0 Å². The van der Waals surface area contributed by atoms with E-state index in [1.807, 2.05) is 36.4 Å². The molecule has 0 bridgehead atoms. The highest BCUT2D eigenvalue weighted by molar-refractivity contribution is 6.48. The SMILES string of the molecule is COCN(COC)Cc1ccccc1BOc1cccc(Cl)c1. The summed E-state index contributed by atoms with van der Waals surface area (Å²) in [6.45, 7) is 1.76. The highest BCUT2D eigenvalue weighted by Gasteiger charge is 2.10. The predicted molar refractivity (Wildman–Crippen MR) is 94.6 cm³/mol. The third kappa shape index (κ3) is 5.88. The number of hydrogen-bond donors (Lipinski definition) is 0. The average Bonchev–Trinajstić information content (AvgIpc) is 2.55. The van der Waals surface area contributed by atoms with Gasteiger partial charge < -0.3 is 14.1 Å². The highest BCUT2D eigenvalue weighted by atomic mass is 35.5. The molecule has 0 N–H and O–H groups in total. The molecule has 6 heteroatoms. The lowest BCUT2D eigenvalue weighted by atomic mass is 9.83. The van der Waals surface area contributed by atoms with E-state index in [1.54, 1.807) is 14.2 Å². The van der Waals surface area contributed by atoms with E-state index >= 15 is 0 Å². The number of benzene rings is 2. The Kier molecular flexibility index (Phi) is 7.42. The fourth-order valence-corrected chi connectivity index (χ4v) is 2.49. The molecular weight excluding hydrogens is 312 g/mol. The second-order valence-electron chi connectivity index (χ2n) is 5.18. The van der Waals surface area contributed by atoms with Crippen LogP contribution in [-0.4, -0.2) is 40.1 Å². The molecule has 2 aromatic carbocycles. The molecule has 4 nitrogen and oxygen atoms in total. The summed E-state index contributed by atoms with van der Waals surface area (Å²) in [5, 5.41) is 0.669. The molecule has 0 saturated carbocycles. The topological polar surface area (TPSA) is 30.9 Å². The number of rotatable bonds is 9. The van der Waals surface area contributed by atoms with Gasteiger partial charge in [-0.25, -0.2) is 0 Å². The van der Waals surface area contributed by atoms with E-state index in [0.29, 0.717) is 26.0 Å². The maximum atomic E-state index is 5.98. The number of methoxy groups -OCH3 is 2. The maximum absolute atomic E-state index is 5.98. The minimum atomic E-state index is 0.490. The first kappa shape index (κ1) is 17.8. The molecule has 0 heterocycles. The summed E-state index contributed by atoms with van der Waals surface area (Å²) in [4.78, 5) is 2.07. The smallest absolute Gasteiger partial charge is 0.374 e. The van der Waals surface area contributed by atoms with Gasteiger partial charge in [0.05, 0.1) is 0 Å². The molecule has 0 amide bonds. The van der Waals surface area contributed by atoms with Crippen LogP contribution in [-0.2, 0) is 16.0 Å². The van der Waals surface area contributed by atoms with Crippen LogP contribution in [0.4, 0.5) is 0 Å². The van der Waals surface area contributed by atoms with Gasteiger partial charge >= 0.3 is 7.48 Å². The third-order valence-electron chi connectivity index (χ3n) is 3.33. The Morgan fingerprint density at radius 2 is 1.74 bits per heavy atom. The lowest BCUT2D eigenvalue weighted by molar-refractivity contribution is -0.0184. The number of halogens is 1. The molecule has 0 aliphatic rings. The Morgan fingerprint density at radius 3 is 2.43 bits per heavy atom. The molecule has 23 heavy (non-hydrogen) atoms. The Labute approximate surface area is 143 Å². The van der Waals surface area contributed by atoms with Crippen molar-refractivity contribution >= 4 is 24.5 Å². The normalized spacial score (nSPS) is 10.8. The molecule has 0 aliphatic heterocycles. The molecule has 0 unspecified atom stereocenters. The van der Waals surface area contributed by atoms with Crippen LogP contribution in [0.15, 0.2) is 48.5 Å². The summed E-state index contributed by atoms with van der Waals surface area (Å²) in [5.41, 5.74) is 2.31. The fraction of sp³-hybridized carbons (Fsp3) is 0.294. The minimum Gasteiger partial charge on any atom is -0.559 e. The first-order valence-electron chi connectivity index (χ1n) is 7.38. The Morgan fingerprint density at radius 1 is 1.00 bits per heavy atom. The maximum Gasteiger partial charge on any atom is 0.374 e. The molecule has 2 aromatic rings. The van der Waals surface area contributed by atoms with Crippen LogP contribution in [0.3, 0.4) is 0 Å². The zero-order valence-corrected chi connectivity index (χ0v) is 14.3. The van der Waals surface area contributed by atoms with Crippen molar-refractivity contribution in [3.05, 3.63) is 59.1 Å². The van der Waals surface area contributed by atoms with Crippen molar-refractivity contribution in [3.63, 3.8) is 0 Å². The quantitative estimate of drug-likeness (QED) is 0.521. The van der Waals surface area contributed by atoms with Crippen LogP contribution in [0.1, 0.15) is 5.56 Å². The van der Waals surface area contributed by atoms with Gasteiger partial charge in [0.25, 0.3) is 0 Å². The van der Waals surface area contributed by atoms with E-state index in [1.165, 1.54) is 5.56 Å². The second-order valence-corrected chi connectivity index (χ2v) is 5.62. The minimum absolute atomic E-state index is 0.490. The average molecular weight is 334 g/mol. The van der Waals surface area contributed by atoms with E-state index in [0.717, 1.165) is 17.8 Å².